The summed E-state index contributed by atoms with van der Waals surface area (Å²) in [6.45, 7) is 22.8. The lowest BCUT2D eigenvalue weighted by molar-refractivity contribution is 0.131. The van der Waals surface area contributed by atoms with E-state index in [1.54, 1.807) is 0 Å². The van der Waals surface area contributed by atoms with E-state index >= 15 is 0 Å². The summed E-state index contributed by atoms with van der Waals surface area (Å²) < 4.78 is 6.10. The number of hydrogen-bond acceptors (Lipinski definition) is 4. The summed E-state index contributed by atoms with van der Waals surface area (Å²) >= 11 is 0. The predicted octanol–water partition coefficient (Wildman–Crippen LogP) is 3.44. The molecule has 0 spiro atoms. The van der Waals surface area contributed by atoms with Crippen molar-refractivity contribution in [3.8, 4) is 0 Å². The van der Waals surface area contributed by atoms with Crippen molar-refractivity contribution >= 4 is 9.76 Å². The van der Waals surface area contributed by atoms with Crippen LogP contribution >= 0.6 is 0 Å². The minimum atomic E-state index is -0.469. The van der Waals surface area contributed by atoms with Gasteiger partial charge in [0.25, 0.3) is 0 Å². The highest BCUT2D eigenvalue weighted by atomic mass is 28.2. The summed E-state index contributed by atoms with van der Waals surface area (Å²) in [6, 6.07) is 0.689. The normalized spacial score (nSPS) is 13.2. The average Bonchev–Trinajstić information content (AvgIpc) is 2.59. The number of hydrogen-bond donors (Lipinski definition) is 1. The highest BCUT2D eigenvalue weighted by Gasteiger charge is 2.12. The van der Waals surface area contributed by atoms with Gasteiger partial charge in [0.1, 0.15) is 0 Å². The van der Waals surface area contributed by atoms with Crippen molar-refractivity contribution < 1.29 is 4.43 Å². The van der Waals surface area contributed by atoms with Crippen LogP contribution in [0.5, 0.6) is 0 Å². The molecule has 0 unspecified atom stereocenters. The highest BCUT2D eigenvalue weighted by Crippen LogP contribution is 2.06. The van der Waals surface area contributed by atoms with E-state index in [4.69, 9.17) is 4.43 Å². The van der Waals surface area contributed by atoms with E-state index in [0.29, 0.717) is 6.04 Å². The Balaban J connectivity index is 4.23. The maximum absolute atomic E-state index is 6.10. The third-order valence-electron chi connectivity index (χ3n) is 4.95. The Morgan fingerprint density at radius 3 is 2.04 bits per heavy atom. The van der Waals surface area contributed by atoms with Gasteiger partial charge in [0, 0.05) is 17.8 Å². The van der Waals surface area contributed by atoms with Crippen LogP contribution in [-0.4, -0.2) is 76.6 Å². The third kappa shape index (κ3) is 15.1. The van der Waals surface area contributed by atoms with Gasteiger partial charge in [-0.1, -0.05) is 27.7 Å². The molecule has 26 heavy (non-hydrogen) atoms. The van der Waals surface area contributed by atoms with Crippen LogP contribution in [0.4, 0.5) is 0 Å². The third-order valence-corrected chi connectivity index (χ3v) is 6.83. The largest absolute Gasteiger partial charge is 0.418 e. The van der Waals surface area contributed by atoms with Gasteiger partial charge in [-0.2, -0.15) is 0 Å². The zero-order valence-electron chi connectivity index (χ0n) is 19.1. The zero-order valence-corrected chi connectivity index (χ0v) is 20.5. The van der Waals surface area contributed by atoms with Crippen molar-refractivity contribution in [3.63, 3.8) is 0 Å². The van der Waals surface area contributed by atoms with E-state index in [0.717, 1.165) is 6.54 Å². The zero-order chi connectivity index (χ0) is 19.8. The van der Waals surface area contributed by atoms with Gasteiger partial charge in [-0.25, -0.2) is 0 Å². The van der Waals surface area contributed by atoms with E-state index in [2.05, 4.69) is 63.6 Å². The molecule has 0 saturated carbocycles. The SMILES string of the molecule is CCCN(CC)CCCN(CCCNC(CC)CC)C[SiH2]OC(C)(C)C. The minimum absolute atomic E-state index is 0.0229. The molecule has 0 rings (SSSR count). The lowest BCUT2D eigenvalue weighted by Crippen LogP contribution is -2.37. The monoisotopic (exact) mass is 387 g/mol. The molecule has 0 aliphatic rings. The molecule has 0 aromatic carbocycles. The second-order valence-corrected chi connectivity index (χ2v) is 9.56. The highest BCUT2D eigenvalue weighted by molar-refractivity contribution is 6.27. The Morgan fingerprint density at radius 2 is 1.50 bits per heavy atom. The smallest absolute Gasteiger partial charge is 0.176 e. The summed E-state index contributed by atoms with van der Waals surface area (Å²) in [7, 11) is -0.469. The topological polar surface area (TPSA) is 27.7 Å². The van der Waals surface area contributed by atoms with Gasteiger partial charge in [0.05, 0.1) is 0 Å². The Kier molecular flexibility index (Phi) is 16.1. The van der Waals surface area contributed by atoms with Crippen LogP contribution < -0.4 is 5.32 Å². The summed E-state index contributed by atoms with van der Waals surface area (Å²) in [5, 5.41) is 3.70. The number of rotatable bonds is 17. The molecule has 4 nitrogen and oxygen atoms in total. The maximum atomic E-state index is 6.10. The fraction of sp³-hybridized carbons (Fsp3) is 1.00. The molecular weight excluding hydrogens is 338 g/mol. The summed E-state index contributed by atoms with van der Waals surface area (Å²) in [5.41, 5.74) is 0.0229. The minimum Gasteiger partial charge on any atom is -0.418 e. The van der Waals surface area contributed by atoms with Gasteiger partial charge in [-0.15, -0.1) is 0 Å². The van der Waals surface area contributed by atoms with Gasteiger partial charge in [0.2, 0.25) is 0 Å². The van der Waals surface area contributed by atoms with E-state index in [9.17, 15) is 0 Å². The van der Waals surface area contributed by atoms with Crippen LogP contribution in [0.15, 0.2) is 0 Å². The molecule has 0 aromatic rings. The molecule has 0 fully saturated rings. The molecule has 0 amide bonds. The molecule has 158 valence electrons. The quantitative estimate of drug-likeness (QED) is 0.306. The van der Waals surface area contributed by atoms with Crippen LogP contribution in [0, 0.1) is 0 Å². The lowest BCUT2D eigenvalue weighted by Gasteiger charge is -2.27. The molecule has 0 aliphatic carbocycles. The van der Waals surface area contributed by atoms with Crippen LogP contribution in [-0.2, 0) is 4.43 Å². The molecule has 0 aliphatic heterocycles. The first-order valence-electron chi connectivity index (χ1n) is 11.2. The van der Waals surface area contributed by atoms with Crippen LogP contribution in [0.25, 0.3) is 0 Å². The van der Waals surface area contributed by atoms with Crippen molar-refractivity contribution in [2.24, 2.45) is 0 Å². The van der Waals surface area contributed by atoms with E-state index in [1.165, 1.54) is 71.0 Å². The van der Waals surface area contributed by atoms with Gasteiger partial charge in [0.15, 0.2) is 9.76 Å². The Hall–Kier alpha value is 0.0569. The molecule has 0 saturated heterocycles. The van der Waals surface area contributed by atoms with Crippen LogP contribution in [0.2, 0.25) is 0 Å². The van der Waals surface area contributed by atoms with Gasteiger partial charge < -0.3 is 19.5 Å². The van der Waals surface area contributed by atoms with Crippen molar-refractivity contribution in [3.05, 3.63) is 0 Å². The molecule has 0 heterocycles. The predicted molar refractivity (Wildman–Crippen MR) is 120 cm³/mol. The summed E-state index contributed by atoms with van der Waals surface area (Å²) in [6.07, 6.45) is 7.42. The van der Waals surface area contributed by atoms with Crippen LogP contribution in [0.3, 0.4) is 0 Å². The fourth-order valence-corrected chi connectivity index (χ4v) is 4.67. The molecule has 5 heteroatoms. The second-order valence-electron chi connectivity index (χ2n) is 8.41. The van der Waals surface area contributed by atoms with E-state index in [1.807, 2.05) is 0 Å². The first-order valence-corrected chi connectivity index (χ1v) is 12.8. The van der Waals surface area contributed by atoms with Crippen LogP contribution in [0.1, 0.15) is 80.6 Å². The standard InChI is InChI=1S/C21H49N3OSi/c1-8-15-23(11-4)17-13-18-24(19-26-25-21(5,6)7)16-12-14-22-20(9-2)10-3/h20,22H,8-19,26H2,1-7H3. The average molecular weight is 388 g/mol. The number of nitrogens with zero attached hydrogens (tertiary/aromatic N) is 2. The molecule has 1 N–H and O–H groups in total. The Bertz CT molecular complexity index is 306. The van der Waals surface area contributed by atoms with Crippen molar-refractivity contribution in [1.82, 2.24) is 15.1 Å². The second kappa shape index (κ2) is 16.1. The van der Waals surface area contributed by atoms with Crippen molar-refractivity contribution in [1.29, 1.82) is 0 Å². The molecular formula is C21H49N3OSi. The van der Waals surface area contributed by atoms with E-state index < -0.39 is 9.76 Å². The van der Waals surface area contributed by atoms with Crippen molar-refractivity contribution in [2.45, 2.75) is 92.2 Å². The first-order chi connectivity index (χ1) is 12.4. The Labute approximate surface area is 167 Å². The fourth-order valence-electron chi connectivity index (χ4n) is 3.26. The first kappa shape index (κ1) is 26.1. The molecule has 0 aromatic heterocycles. The summed E-state index contributed by atoms with van der Waals surface area (Å²) in [5.74, 6) is 0. The number of nitrogens with one attached hydrogen (secondary N) is 1. The molecule has 0 radical (unpaired) electrons. The maximum Gasteiger partial charge on any atom is 0.176 e. The Morgan fingerprint density at radius 1 is 0.885 bits per heavy atom. The van der Waals surface area contributed by atoms with E-state index in [-0.39, 0.29) is 5.60 Å². The van der Waals surface area contributed by atoms with Crippen molar-refractivity contribution in [2.75, 3.05) is 45.4 Å². The lowest BCUT2D eigenvalue weighted by atomic mass is 10.2. The molecule has 0 atom stereocenters. The molecule has 0 bridgehead atoms. The van der Waals surface area contributed by atoms with Gasteiger partial charge in [-0.05, 0) is 92.1 Å². The summed E-state index contributed by atoms with van der Waals surface area (Å²) in [4.78, 5) is 5.24. The van der Waals surface area contributed by atoms with Gasteiger partial charge in [-0.3, -0.25) is 0 Å². The van der Waals surface area contributed by atoms with Gasteiger partial charge >= 0.3 is 0 Å².